The van der Waals surface area contributed by atoms with Gasteiger partial charge in [-0.15, -0.1) is 0 Å². The number of para-hydroxylation sites is 5. The van der Waals surface area contributed by atoms with Gasteiger partial charge in [0.25, 0.3) is 0 Å². The van der Waals surface area contributed by atoms with Gasteiger partial charge in [-0.1, -0.05) is 176 Å². The van der Waals surface area contributed by atoms with E-state index in [0.717, 1.165) is 60.9 Å². The monoisotopic (exact) mass is 921 g/mol. The lowest BCUT2D eigenvalue weighted by molar-refractivity contribution is 0.673. The summed E-state index contributed by atoms with van der Waals surface area (Å²) in [4.78, 5) is 0. The van der Waals surface area contributed by atoms with Crippen LogP contribution in [-0.4, -0.2) is 21.8 Å². The highest BCUT2D eigenvalue weighted by molar-refractivity contribution is 7.20. The van der Waals surface area contributed by atoms with Crippen molar-refractivity contribution in [1.82, 2.24) is 13.7 Å². The average Bonchev–Trinajstić information content (AvgIpc) is 4.18. The molecule has 0 N–H and O–H groups in total. The second-order valence-corrected chi connectivity index (χ2v) is 22.6. The highest BCUT2D eigenvalue weighted by atomic mass is 28.3. The Morgan fingerprint density at radius 3 is 1.24 bits per heavy atom. The van der Waals surface area contributed by atoms with Crippen molar-refractivity contribution in [3.05, 3.63) is 261 Å². The van der Waals surface area contributed by atoms with E-state index in [1.54, 1.807) is 0 Å². The minimum absolute atomic E-state index is 0.908. The van der Waals surface area contributed by atoms with Crippen molar-refractivity contribution < 1.29 is 4.42 Å². The van der Waals surface area contributed by atoms with Gasteiger partial charge in [0.2, 0.25) is 0 Å². The van der Waals surface area contributed by atoms with Gasteiger partial charge < -0.3 is 18.1 Å². The summed E-state index contributed by atoms with van der Waals surface area (Å²) in [5.41, 5.74) is 12.2. The minimum atomic E-state index is -3.02. The molecule has 0 saturated carbocycles. The molecular weight excluding hydrogens is 879 g/mol. The molecule has 332 valence electrons. The maximum Gasteiger partial charge on any atom is 0.179 e. The third-order valence-corrected chi connectivity index (χ3v) is 19.9. The molecule has 0 unspecified atom stereocenters. The van der Waals surface area contributed by atoms with Crippen LogP contribution in [0, 0.1) is 0 Å². The zero-order valence-corrected chi connectivity index (χ0v) is 39.6. The average molecular weight is 922 g/mol. The number of hydrogen-bond donors (Lipinski definition) is 0. The van der Waals surface area contributed by atoms with Crippen LogP contribution in [0.3, 0.4) is 0 Å². The predicted molar refractivity (Wildman–Crippen MR) is 300 cm³/mol. The zero-order chi connectivity index (χ0) is 46.6. The molecular formula is C66H43N3OSi. The quantitative estimate of drug-likeness (QED) is 0.116. The summed E-state index contributed by atoms with van der Waals surface area (Å²) in [7, 11) is -3.02. The molecule has 0 radical (unpaired) electrons. The lowest BCUT2D eigenvalue weighted by Gasteiger charge is -2.35. The van der Waals surface area contributed by atoms with Crippen LogP contribution < -0.4 is 20.7 Å². The van der Waals surface area contributed by atoms with E-state index in [2.05, 4.69) is 268 Å². The van der Waals surface area contributed by atoms with Gasteiger partial charge >= 0.3 is 0 Å². The van der Waals surface area contributed by atoms with Gasteiger partial charge in [0.05, 0.1) is 38.5 Å². The normalized spacial score (nSPS) is 12.2. The van der Waals surface area contributed by atoms with Crippen LogP contribution in [-0.2, 0) is 0 Å². The van der Waals surface area contributed by atoms with Crippen LogP contribution >= 0.6 is 0 Å². The first-order chi connectivity index (χ1) is 35.2. The van der Waals surface area contributed by atoms with Crippen LogP contribution in [0.2, 0.25) is 0 Å². The lowest BCUT2D eigenvalue weighted by atomic mass is 10.1. The molecule has 15 aromatic rings. The third kappa shape index (κ3) is 5.72. The second-order valence-electron chi connectivity index (χ2n) is 18.8. The van der Waals surface area contributed by atoms with Gasteiger partial charge in [-0.2, -0.15) is 0 Å². The first kappa shape index (κ1) is 39.8. The Kier molecular flexibility index (Phi) is 8.64. The van der Waals surface area contributed by atoms with E-state index in [9.17, 15) is 0 Å². The summed E-state index contributed by atoms with van der Waals surface area (Å²) in [5, 5.41) is 14.8. The van der Waals surface area contributed by atoms with Crippen LogP contribution in [0.15, 0.2) is 265 Å². The number of rotatable bonds is 7. The predicted octanol–water partition coefficient (Wildman–Crippen LogP) is 14.3. The Morgan fingerprint density at radius 1 is 0.254 bits per heavy atom. The molecule has 0 bridgehead atoms. The number of aromatic nitrogens is 3. The number of furan rings is 1. The van der Waals surface area contributed by atoms with Gasteiger partial charge in [0.15, 0.2) is 8.07 Å². The molecule has 0 amide bonds. The van der Waals surface area contributed by atoms with Gasteiger partial charge in [0, 0.05) is 54.8 Å². The van der Waals surface area contributed by atoms with Gasteiger partial charge in [0.1, 0.15) is 11.2 Å². The van der Waals surface area contributed by atoms with Crippen LogP contribution in [0.5, 0.6) is 0 Å². The Hall–Kier alpha value is -9.16. The van der Waals surface area contributed by atoms with E-state index in [4.69, 9.17) is 4.42 Å². The largest absolute Gasteiger partial charge is 0.455 e. The van der Waals surface area contributed by atoms with Crippen molar-refractivity contribution in [2.45, 2.75) is 0 Å². The summed E-state index contributed by atoms with van der Waals surface area (Å²) in [6, 6.07) is 96.5. The molecule has 0 saturated heterocycles. The first-order valence-corrected chi connectivity index (χ1v) is 26.4. The third-order valence-electron chi connectivity index (χ3n) is 15.2. The van der Waals surface area contributed by atoms with E-state index in [1.807, 2.05) is 6.07 Å². The molecule has 0 fully saturated rings. The number of hydrogen-bond acceptors (Lipinski definition) is 1. The highest BCUT2D eigenvalue weighted by Gasteiger charge is 2.42. The highest BCUT2D eigenvalue weighted by Crippen LogP contribution is 2.42. The van der Waals surface area contributed by atoms with Gasteiger partial charge in [-0.05, 0) is 106 Å². The maximum absolute atomic E-state index is 6.66. The fraction of sp³-hybridized carbons (Fsp3) is 0. The Bertz CT molecular complexity index is 4500. The molecule has 4 nitrogen and oxygen atoms in total. The number of fused-ring (bicyclic) bond motifs is 13. The molecule has 15 rings (SSSR count). The first-order valence-electron chi connectivity index (χ1n) is 24.4. The topological polar surface area (TPSA) is 27.9 Å². The molecule has 0 aliphatic rings. The summed E-state index contributed by atoms with van der Waals surface area (Å²) in [6.07, 6.45) is 0. The zero-order valence-electron chi connectivity index (χ0n) is 38.6. The summed E-state index contributed by atoms with van der Waals surface area (Å²) in [5.74, 6) is 0. The lowest BCUT2D eigenvalue weighted by Crippen LogP contribution is -2.74. The van der Waals surface area contributed by atoms with E-state index in [0.29, 0.717) is 0 Å². The Morgan fingerprint density at radius 2 is 0.662 bits per heavy atom. The molecule has 4 aromatic heterocycles. The van der Waals surface area contributed by atoms with E-state index >= 15 is 0 Å². The van der Waals surface area contributed by atoms with Crippen molar-refractivity contribution in [2.24, 2.45) is 0 Å². The molecule has 11 aromatic carbocycles. The molecule has 5 heteroatoms. The molecule has 0 aliphatic carbocycles. The van der Waals surface area contributed by atoms with E-state index in [-0.39, 0.29) is 0 Å². The van der Waals surface area contributed by atoms with Crippen molar-refractivity contribution >= 4 is 116 Å². The standard InChI is InChI=1S/C66H43N3OSi/c1-3-21-47(22-4-1)71(48-23-5-2-6-24-48,49-25-17-19-44(41-49)67-58-32-12-7-27-51(58)52-28-8-13-33-59(52)67)50-26-18-20-45(42-50)68-60-34-14-9-29-53(60)57-43-46(37-39-62(57)68)69-61-35-15-10-31-56(61)65-63(69)40-38-55-54-30-11-16-36-64(54)70-66(55)65/h1-43H. The van der Waals surface area contributed by atoms with E-state index < -0.39 is 8.07 Å². The Labute approximate surface area is 410 Å². The summed E-state index contributed by atoms with van der Waals surface area (Å²) < 4.78 is 14.0. The van der Waals surface area contributed by atoms with Crippen molar-refractivity contribution in [3.8, 4) is 17.1 Å². The SMILES string of the molecule is c1ccc([Si](c2ccccc2)(c2cccc(-n3c4ccccc4c4ccccc43)c2)c2cccc(-n3c4ccccc4c4cc(-n5c6ccccc6c6c7oc8ccccc8c7ccc65)ccc43)c2)cc1. The fourth-order valence-electron chi connectivity index (χ4n) is 12.2. The van der Waals surface area contributed by atoms with Crippen molar-refractivity contribution in [1.29, 1.82) is 0 Å². The van der Waals surface area contributed by atoms with Gasteiger partial charge in [-0.3, -0.25) is 0 Å². The van der Waals surface area contributed by atoms with Crippen molar-refractivity contribution in [2.75, 3.05) is 0 Å². The molecule has 0 aliphatic heterocycles. The summed E-state index contributed by atoms with van der Waals surface area (Å²) in [6.45, 7) is 0. The number of nitrogens with zero attached hydrogens (tertiary/aromatic N) is 3. The maximum atomic E-state index is 6.66. The van der Waals surface area contributed by atoms with Crippen LogP contribution in [0.4, 0.5) is 0 Å². The molecule has 0 atom stereocenters. The van der Waals surface area contributed by atoms with Gasteiger partial charge in [-0.25, -0.2) is 0 Å². The molecule has 71 heavy (non-hydrogen) atoms. The van der Waals surface area contributed by atoms with Crippen LogP contribution in [0.25, 0.3) is 104 Å². The number of benzene rings is 11. The molecule has 4 heterocycles. The fourth-order valence-corrected chi connectivity index (χ4v) is 17.0. The van der Waals surface area contributed by atoms with E-state index in [1.165, 1.54) is 64.2 Å². The Balaban J connectivity index is 0.954. The summed E-state index contributed by atoms with van der Waals surface area (Å²) >= 11 is 0. The van der Waals surface area contributed by atoms with Crippen molar-refractivity contribution in [3.63, 3.8) is 0 Å². The van der Waals surface area contributed by atoms with Crippen LogP contribution in [0.1, 0.15) is 0 Å². The minimum Gasteiger partial charge on any atom is -0.455 e. The molecule has 0 spiro atoms. The smallest absolute Gasteiger partial charge is 0.179 e. The second kappa shape index (κ2) is 15.4.